The Bertz CT molecular complexity index is 347. The first-order valence-electron chi connectivity index (χ1n) is 6.42. The van der Waals surface area contributed by atoms with Crippen LogP contribution in [0.2, 0.25) is 0 Å². The van der Waals surface area contributed by atoms with Crippen LogP contribution >= 0.6 is 0 Å². The van der Waals surface area contributed by atoms with Crippen molar-refractivity contribution in [2.75, 3.05) is 32.2 Å². The van der Waals surface area contributed by atoms with Crippen LogP contribution in [0.15, 0.2) is 24.3 Å². The van der Waals surface area contributed by atoms with E-state index >= 15 is 0 Å². The van der Waals surface area contributed by atoms with Crippen molar-refractivity contribution < 1.29 is 14.6 Å². The van der Waals surface area contributed by atoms with E-state index in [0.29, 0.717) is 5.92 Å². The van der Waals surface area contributed by atoms with Gasteiger partial charge >= 0.3 is 0 Å². The van der Waals surface area contributed by atoms with Crippen molar-refractivity contribution in [2.45, 2.75) is 18.9 Å². The summed E-state index contributed by atoms with van der Waals surface area (Å²) in [5.41, 5.74) is 1.00. The van der Waals surface area contributed by atoms with Gasteiger partial charge in [0, 0.05) is 18.2 Å². The molecule has 4 nitrogen and oxygen atoms in total. The predicted molar refractivity (Wildman–Crippen MR) is 71.0 cm³/mol. The molecule has 0 spiro atoms. The SMILES string of the molecule is COc1ccc(NC(CO)C2CCCOC2)cc1. The van der Waals surface area contributed by atoms with Crippen LogP contribution in [-0.2, 0) is 4.74 Å². The van der Waals surface area contributed by atoms with E-state index in [0.717, 1.165) is 37.5 Å². The molecule has 1 aliphatic heterocycles. The molecule has 1 aromatic rings. The van der Waals surface area contributed by atoms with Gasteiger partial charge in [-0.1, -0.05) is 0 Å². The van der Waals surface area contributed by atoms with E-state index in [2.05, 4.69) is 5.32 Å². The van der Waals surface area contributed by atoms with Crippen molar-refractivity contribution in [2.24, 2.45) is 5.92 Å². The van der Waals surface area contributed by atoms with E-state index in [1.807, 2.05) is 24.3 Å². The minimum atomic E-state index is 0.0543. The van der Waals surface area contributed by atoms with E-state index < -0.39 is 0 Å². The zero-order valence-electron chi connectivity index (χ0n) is 10.8. The molecule has 2 atom stereocenters. The molecule has 0 saturated carbocycles. The Morgan fingerprint density at radius 1 is 1.44 bits per heavy atom. The van der Waals surface area contributed by atoms with Gasteiger partial charge in [0.25, 0.3) is 0 Å². The molecule has 0 amide bonds. The minimum Gasteiger partial charge on any atom is -0.497 e. The molecule has 0 aromatic heterocycles. The summed E-state index contributed by atoms with van der Waals surface area (Å²) < 4.78 is 10.6. The van der Waals surface area contributed by atoms with E-state index in [-0.39, 0.29) is 12.6 Å². The average molecular weight is 251 g/mol. The summed E-state index contributed by atoms with van der Waals surface area (Å²) in [5, 5.41) is 12.9. The standard InChI is InChI=1S/C14H21NO3/c1-17-13-6-4-12(5-7-13)15-14(9-16)11-3-2-8-18-10-11/h4-7,11,14-16H,2-3,8-10H2,1H3. The first-order valence-corrected chi connectivity index (χ1v) is 6.42. The van der Waals surface area contributed by atoms with Gasteiger partial charge in [0.2, 0.25) is 0 Å². The third-order valence-electron chi connectivity index (χ3n) is 3.40. The van der Waals surface area contributed by atoms with Crippen LogP contribution in [0, 0.1) is 5.92 Å². The topological polar surface area (TPSA) is 50.7 Å². The van der Waals surface area contributed by atoms with Gasteiger partial charge in [0.05, 0.1) is 26.4 Å². The maximum absolute atomic E-state index is 9.50. The second kappa shape index (κ2) is 6.61. The van der Waals surface area contributed by atoms with Gasteiger partial charge < -0.3 is 19.9 Å². The number of methoxy groups -OCH3 is 1. The van der Waals surface area contributed by atoms with Crippen molar-refractivity contribution in [3.63, 3.8) is 0 Å². The van der Waals surface area contributed by atoms with Crippen molar-refractivity contribution in [1.82, 2.24) is 0 Å². The van der Waals surface area contributed by atoms with Gasteiger partial charge in [-0.05, 0) is 37.1 Å². The molecule has 1 aromatic carbocycles. The fourth-order valence-electron chi connectivity index (χ4n) is 2.30. The van der Waals surface area contributed by atoms with Crippen LogP contribution in [0.3, 0.4) is 0 Å². The van der Waals surface area contributed by atoms with Gasteiger partial charge in [-0.25, -0.2) is 0 Å². The second-order valence-electron chi connectivity index (χ2n) is 4.64. The number of ether oxygens (including phenoxy) is 2. The lowest BCUT2D eigenvalue weighted by molar-refractivity contribution is 0.0392. The van der Waals surface area contributed by atoms with Crippen molar-refractivity contribution in [1.29, 1.82) is 0 Å². The third-order valence-corrected chi connectivity index (χ3v) is 3.40. The van der Waals surface area contributed by atoms with Crippen LogP contribution in [0.25, 0.3) is 0 Å². The predicted octanol–water partition coefficient (Wildman–Crippen LogP) is 1.89. The van der Waals surface area contributed by atoms with E-state index in [1.54, 1.807) is 7.11 Å². The third kappa shape index (κ3) is 3.37. The maximum Gasteiger partial charge on any atom is 0.119 e. The molecule has 2 N–H and O–H groups in total. The van der Waals surface area contributed by atoms with Gasteiger partial charge in [0.15, 0.2) is 0 Å². The number of rotatable bonds is 5. The number of anilines is 1. The van der Waals surface area contributed by atoms with Gasteiger partial charge in [-0.3, -0.25) is 0 Å². The lowest BCUT2D eigenvalue weighted by atomic mass is 9.94. The first kappa shape index (κ1) is 13.2. The zero-order valence-corrected chi connectivity index (χ0v) is 10.8. The summed E-state index contributed by atoms with van der Waals surface area (Å²) in [7, 11) is 1.65. The molecule has 18 heavy (non-hydrogen) atoms. The zero-order chi connectivity index (χ0) is 12.8. The van der Waals surface area contributed by atoms with Crippen LogP contribution in [0.5, 0.6) is 5.75 Å². The Hall–Kier alpha value is -1.26. The number of hydrogen-bond acceptors (Lipinski definition) is 4. The van der Waals surface area contributed by atoms with Crippen LogP contribution in [0.1, 0.15) is 12.8 Å². The van der Waals surface area contributed by atoms with E-state index in [4.69, 9.17) is 9.47 Å². The molecule has 0 aliphatic carbocycles. The van der Waals surface area contributed by atoms with Crippen LogP contribution < -0.4 is 10.1 Å². The molecule has 0 radical (unpaired) electrons. The monoisotopic (exact) mass is 251 g/mol. The van der Waals surface area contributed by atoms with Crippen molar-refractivity contribution in [3.05, 3.63) is 24.3 Å². The summed E-state index contributed by atoms with van der Waals surface area (Å²) >= 11 is 0. The van der Waals surface area contributed by atoms with Gasteiger partial charge in [-0.2, -0.15) is 0 Å². The lowest BCUT2D eigenvalue weighted by Gasteiger charge is -2.30. The Kier molecular flexibility index (Phi) is 4.84. The molecule has 1 saturated heterocycles. The number of hydrogen-bond donors (Lipinski definition) is 2. The Balaban J connectivity index is 1.95. The van der Waals surface area contributed by atoms with E-state index in [1.165, 1.54) is 0 Å². The van der Waals surface area contributed by atoms with Gasteiger partial charge in [-0.15, -0.1) is 0 Å². The summed E-state index contributed by atoms with van der Waals surface area (Å²) in [6, 6.07) is 7.80. The smallest absolute Gasteiger partial charge is 0.119 e. The fourth-order valence-corrected chi connectivity index (χ4v) is 2.30. The molecule has 1 fully saturated rings. The first-order chi connectivity index (χ1) is 8.83. The molecule has 4 heteroatoms. The Morgan fingerprint density at radius 2 is 2.22 bits per heavy atom. The summed E-state index contributed by atoms with van der Waals surface area (Å²) in [6.45, 7) is 1.70. The van der Waals surface area contributed by atoms with Crippen LogP contribution in [0.4, 0.5) is 5.69 Å². The molecule has 2 unspecified atom stereocenters. The highest BCUT2D eigenvalue weighted by atomic mass is 16.5. The summed E-state index contributed by atoms with van der Waals surface area (Å²) in [4.78, 5) is 0. The number of nitrogens with one attached hydrogen (secondary N) is 1. The molecular weight excluding hydrogens is 230 g/mol. The lowest BCUT2D eigenvalue weighted by Crippen LogP contribution is -2.37. The van der Waals surface area contributed by atoms with E-state index in [9.17, 15) is 5.11 Å². The number of aliphatic hydroxyl groups is 1. The largest absolute Gasteiger partial charge is 0.497 e. The maximum atomic E-state index is 9.50. The molecule has 1 aliphatic rings. The normalized spacial score (nSPS) is 21.3. The Labute approximate surface area is 108 Å². The quantitative estimate of drug-likeness (QED) is 0.839. The summed E-state index contributed by atoms with van der Waals surface area (Å²) in [5.74, 6) is 1.22. The Morgan fingerprint density at radius 3 is 2.78 bits per heavy atom. The summed E-state index contributed by atoms with van der Waals surface area (Å²) in [6.07, 6.45) is 2.18. The highest BCUT2D eigenvalue weighted by Crippen LogP contribution is 2.22. The van der Waals surface area contributed by atoms with Crippen molar-refractivity contribution in [3.8, 4) is 5.75 Å². The highest BCUT2D eigenvalue weighted by Gasteiger charge is 2.23. The average Bonchev–Trinajstić information content (AvgIpc) is 2.46. The molecule has 1 heterocycles. The minimum absolute atomic E-state index is 0.0543. The molecular formula is C14H21NO3. The highest BCUT2D eigenvalue weighted by molar-refractivity contribution is 5.47. The second-order valence-corrected chi connectivity index (χ2v) is 4.64. The number of benzene rings is 1. The van der Waals surface area contributed by atoms with Crippen molar-refractivity contribution >= 4 is 5.69 Å². The number of aliphatic hydroxyl groups excluding tert-OH is 1. The fraction of sp³-hybridized carbons (Fsp3) is 0.571. The molecule has 2 rings (SSSR count). The van der Waals surface area contributed by atoms with Gasteiger partial charge in [0.1, 0.15) is 5.75 Å². The molecule has 100 valence electrons. The van der Waals surface area contributed by atoms with Crippen LogP contribution in [-0.4, -0.2) is 38.1 Å². The molecule has 0 bridgehead atoms.